The molecule has 0 spiro atoms. The number of rotatable bonds is 5. The first-order valence-electron chi connectivity index (χ1n) is 6.37. The molecule has 1 amide bonds. The van der Waals surface area contributed by atoms with Crippen LogP contribution in [0.15, 0.2) is 43.0 Å². The van der Waals surface area contributed by atoms with Crippen LogP contribution in [0.1, 0.15) is 22.3 Å². The standard InChI is InChI=1S/C15H13ClN4O/c16-14-4-7-19-10-13(14)15(21)20(8-2-5-17)11-12-3-1-6-18-9-12/h1,3-4,6-7,9-10H,2,8,11H2. The summed E-state index contributed by atoms with van der Waals surface area (Å²) in [5.41, 5.74) is 1.23. The van der Waals surface area contributed by atoms with E-state index in [2.05, 4.69) is 9.97 Å². The molecule has 0 aliphatic rings. The smallest absolute Gasteiger partial charge is 0.257 e. The Morgan fingerprint density at radius 2 is 2.10 bits per heavy atom. The van der Waals surface area contributed by atoms with Crippen LogP contribution in [0, 0.1) is 11.3 Å². The number of hydrogen-bond acceptors (Lipinski definition) is 4. The molecule has 21 heavy (non-hydrogen) atoms. The number of amides is 1. The predicted octanol–water partition coefficient (Wildman–Crippen LogP) is 2.69. The fourth-order valence-electron chi connectivity index (χ4n) is 1.85. The molecule has 0 N–H and O–H groups in total. The Bertz CT molecular complexity index is 654. The first-order valence-corrected chi connectivity index (χ1v) is 6.75. The second kappa shape index (κ2) is 7.36. The monoisotopic (exact) mass is 300 g/mol. The van der Waals surface area contributed by atoms with Crippen molar-refractivity contribution < 1.29 is 4.79 Å². The maximum Gasteiger partial charge on any atom is 0.257 e. The van der Waals surface area contributed by atoms with Gasteiger partial charge in [0.15, 0.2) is 0 Å². The molecule has 106 valence electrons. The number of nitriles is 1. The van der Waals surface area contributed by atoms with Crippen LogP contribution in [0.2, 0.25) is 5.02 Å². The molecular formula is C15H13ClN4O. The number of carbonyl (C=O) groups excluding carboxylic acids is 1. The van der Waals surface area contributed by atoms with E-state index in [9.17, 15) is 4.79 Å². The van der Waals surface area contributed by atoms with Gasteiger partial charge >= 0.3 is 0 Å². The summed E-state index contributed by atoms with van der Waals surface area (Å²) in [6.45, 7) is 0.703. The van der Waals surface area contributed by atoms with Gasteiger partial charge in [0, 0.05) is 37.9 Å². The van der Waals surface area contributed by atoms with Crippen molar-refractivity contribution in [1.29, 1.82) is 5.26 Å². The lowest BCUT2D eigenvalue weighted by Gasteiger charge is -2.22. The Labute approximate surface area is 127 Å². The Morgan fingerprint density at radius 1 is 1.29 bits per heavy atom. The molecule has 2 aromatic rings. The third-order valence-electron chi connectivity index (χ3n) is 2.88. The predicted molar refractivity (Wildman–Crippen MR) is 78.5 cm³/mol. The summed E-state index contributed by atoms with van der Waals surface area (Å²) < 4.78 is 0. The highest BCUT2D eigenvalue weighted by Gasteiger charge is 2.18. The van der Waals surface area contributed by atoms with Gasteiger partial charge in [-0.2, -0.15) is 5.26 Å². The molecule has 2 heterocycles. The summed E-state index contributed by atoms with van der Waals surface area (Å²) in [6, 6.07) is 7.30. The summed E-state index contributed by atoms with van der Waals surface area (Å²) >= 11 is 6.04. The molecule has 0 aromatic carbocycles. The van der Waals surface area contributed by atoms with Gasteiger partial charge in [0.2, 0.25) is 0 Å². The molecule has 0 bridgehead atoms. The highest BCUT2D eigenvalue weighted by Crippen LogP contribution is 2.17. The van der Waals surface area contributed by atoms with Crippen LogP contribution >= 0.6 is 11.6 Å². The second-order valence-corrected chi connectivity index (χ2v) is 4.76. The minimum atomic E-state index is -0.243. The van der Waals surface area contributed by atoms with Crippen LogP contribution in [-0.4, -0.2) is 27.3 Å². The molecule has 0 atom stereocenters. The number of halogens is 1. The summed E-state index contributed by atoms with van der Waals surface area (Å²) in [6.07, 6.45) is 6.58. The summed E-state index contributed by atoms with van der Waals surface area (Å²) in [5, 5.41) is 9.10. The quantitative estimate of drug-likeness (QED) is 0.851. The highest BCUT2D eigenvalue weighted by atomic mass is 35.5. The van der Waals surface area contributed by atoms with E-state index in [0.29, 0.717) is 23.7 Å². The molecule has 5 nitrogen and oxygen atoms in total. The van der Waals surface area contributed by atoms with E-state index >= 15 is 0 Å². The van der Waals surface area contributed by atoms with Gasteiger partial charge in [-0.15, -0.1) is 0 Å². The van der Waals surface area contributed by atoms with Crippen LogP contribution < -0.4 is 0 Å². The summed E-state index contributed by atoms with van der Waals surface area (Å²) in [7, 11) is 0. The van der Waals surface area contributed by atoms with Gasteiger partial charge in [0.1, 0.15) is 0 Å². The van der Waals surface area contributed by atoms with Crippen molar-refractivity contribution in [2.75, 3.05) is 6.54 Å². The van der Waals surface area contributed by atoms with Crippen LogP contribution in [0.5, 0.6) is 0 Å². The van der Waals surface area contributed by atoms with Gasteiger partial charge in [0.05, 0.1) is 23.1 Å². The Morgan fingerprint density at radius 3 is 2.76 bits per heavy atom. The van der Waals surface area contributed by atoms with Crippen molar-refractivity contribution in [1.82, 2.24) is 14.9 Å². The van der Waals surface area contributed by atoms with E-state index in [1.165, 1.54) is 12.4 Å². The normalized spacial score (nSPS) is 9.90. The Hall–Kier alpha value is -2.45. The number of nitrogens with zero attached hydrogens (tertiary/aromatic N) is 4. The lowest BCUT2D eigenvalue weighted by Crippen LogP contribution is -2.31. The number of aromatic nitrogens is 2. The van der Waals surface area contributed by atoms with Crippen LogP contribution in [0.3, 0.4) is 0 Å². The lowest BCUT2D eigenvalue weighted by atomic mass is 10.2. The fraction of sp³-hybridized carbons (Fsp3) is 0.200. The summed E-state index contributed by atoms with van der Waals surface area (Å²) in [4.78, 5) is 22.1. The molecule has 0 fully saturated rings. The number of carbonyl (C=O) groups is 1. The number of hydrogen-bond donors (Lipinski definition) is 0. The minimum absolute atomic E-state index is 0.243. The van der Waals surface area contributed by atoms with E-state index in [1.807, 2.05) is 12.1 Å². The van der Waals surface area contributed by atoms with Gasteiger partial charge in [-0.1, -0.05) is 17.7 Å². The first kappa shape index (κ1) is 14.9. The summed E-state index contributed by atoms with van der Waals surface area (Å²) in [5.74, 6) is -0.243. The van der Waals surface area contributed by atoms with Crippen LogP contribution in [-0.2, 0) is 6.54 Å². The minimum Gasteiger partial charge on any atom is -0.333 e. The maximum atomic E-state index is 12.5. The van der Waals surface area contributed by atoms with Crippen LogP contribution in [0.25, 0.3) is 0 Å². The average molecular weight is 301 g/mol. The molecule has 6 heteroatoms. The number of pyridine rings is 2. The zero-order valence-electron chi connectivity index (χ0n) is 11.2. The van der Waals surface area contributed by atoms with E-state index in [0.717, 1.165) is 5.56 Å². The third-order valence-corrected chi connectivity index (χ3v) is 3.20. The molecule has 0 aliphatic carbocycles. The molecule has 0 saturated heterocycles. The molecular weight excluding hydrogens is 288 g/mol. The topological polar surface area (TPSA) is 69.9 Å². The van der Waals surface area contributed by atoms with Crippen molar-refractivity contribution in [3.05, 3.63) is 59.1 Å². The van der Waals surface area contributed by atoms with Crippen molar-refractivity contribution in [2.24, 2.45) is 0 Å². The largest absolute Gasteiger partial charge is 0.333 e. The lowest BCUT2D eigenvalue weighted by molar-refractivity contribution is 0.0746. The SMILES string of the molecule is N#CCCN(Cc1cccnc1)C(=O)c1cnccc1Cl. The molecule has 0 aliphatic heterocycles. The van der Waals surface area contributed by atoms with Crippen molar-refractivity contribution in [3.63, 3.8) is 0 Å². The average Bonchev–Trinajstić information content (AvgIpc) is 2.52. The first-order chi connectivity index (χ1) is 10.2. The molecule has 0 saturated carbocycles. The molecule has 2 rings (SSSR count). The fourth-order valence-corrected chi connectivity index (χ4v) is 2.04. The van der Waals surface area contributed by atoms with Crippen molar-refractivity contribution in [3.8, 4) is 6.07 Å². The zero-order valence-corrected chi connectivity index (χ0v) is 12.0. The zero-order chi connectivity index (χ0) is 15.1. The van der Waals surface area contributed by atoms with E-state index in [1.54, 1.807) is 29.4 Å². The van der Waals surface area contributed by atoms with Crippen molar-refractivity contribution in [2.45, 2.75) is 13.0 Å². The van der Waals surface area contributed by atoms with Gasteiger partial charge in [-0.3, -0.25) is 14.8 Å². The third kappa shape index (κ3) is 4.01. The van der Waals surface area contributed by atoms with Crippen molar-refractivity contribution >= 4 is 17.5 Å². The Kier molecular flexibility index (Phi) is 5.24. The highest BCUT2D eigenvalue weighted by molar-refractivity contribution is 6.33. The van der Waals surface area contributed by atoms with Gasteiger partial charge in [0.25, 0.3) is 5.91 Å². The molecule has 0 unspecified atom stereocenters. The maximum absolute atomic E-state index is 12.5. The van der Waals surface area contributed by atoms with Gasteiger partial charge in [-0.25, -0.2) is 0 Å². The van der Waals surface area contributed by atoms with E-state index < -0.39 is 0 Å². The Balaban J connectivity index is 2.21. The van der Waals surface area contributed by atoms with Crippen LogP contribution in [0.4, 0.5) is 0 Å². The molecule has 2 aromatic heterocycles. The van der Waals surface area contributed by atoms with E-state index in [-0.39, 0.29) is 12.3 Å². The molecule has 0 radical (unpaired) electrons. The van der Waals surface area contributed by atoms with E-state index in [4.69, 9.17) is 16.9 Å². The van der Waals surface area contributed by atoms with Gasteiger partial charge in [-0.05, 0) is 17.7 Å². The van der Waals surface area contributed by atoms with Gasteiger partial charge < -0.3 is 4.90 Å². The second-order valence-electron chi connectivity index (χ2n) is 4.35.